The van der Waals surface area contributed by atoms with Gasteiger partial charge in [-0.1, -0.05) is 30.3 Å². The van der Waals surface area contributed by atoms with Gasteiger partial charge in [-0.15, -0.1) is 0 Å². The normalized spacial score (nSPS) is 17.2. The van der Waals surface area contributed by atoms with E-state index in [1.165, 1.54) is 4.90 Å². The minimum absolute atomic E-state index is 0.105. The number of nitrogens with zero attached hydrogens (tertiary/aromatic N) is 1. The molecule has 7 heteroatoms. The molecule has 0 saturated carbocycles. The van der Waals surface area contributed by atoms with Crippen LogP contribution in [0.25, 0.3) is 0 Å². The highest BCUT2D eigenvalue weighted by Crippen LogP contribution is 2.17. The summed E-state index contributed by atoms with van der Waals surface area (Å²) in [4.78, 5) is 37.8. The summed E-state index contributed by atoms with van der Waals surface area (Å²) in [6.45, 7) is 2.41. The predicted octanol–water partition coefficient (Wildman–Crippen LogP) is 0.852. The number of hydrogen-bond acceptors (Lipinski definition) is 5. The van der Waals surface area contributed by atoms with Crippen molar-refractivity contribution >= 4 is 29.5 Å². The molecule has 1 saturated heterocycles. The topological polar surface area (TPSA) is 75.7 Å². The smallest absolute Gasteiger partial charge is 0.329 e. The zero-order valence-electron chi connectivity index (χ0n) is 13.7. The second-order valence-corrected chi connectivity index (χ2v) is 6.52. The van der Waals surface area contributed by atoms with Crippen molar-refractivity contribution in [3.63, 3.8) is 0 Å². The van der Waals surface area contributed by atoms with Gasteiger partial charge in [-0.3, -0.25) is 9.59 Å². The lowest BCUT2D eigenvalue weighted by Gasteiger charge is -2.33. The Bertz CT molecular complexity index is 579. The number of ether oxygens (including phenoxy) is 1. The molecule has 0 unspecified atom stereocenters. The van der Waals surface area contributed by atoms with E-state index < -0.39 is 6.04 Å². The largest absolute Gasteiger partial charge is 0.464 e. The lowest BCUT2D eigenvalue weighted by atomic mass is 10.1. The number of benzene rings is 1. The van der Waals surface area contributed by atoms with Gasteiger partial charge < -0.3 is 15.0 Å². The van der Waals surface area contributed by atoms with E-state index in [1.807, 2.05) is 30.3 Å². The van der Waals surface area contributed by atoms with Crippen LogP contribution in [0.3, 0.4) is 0 Å². The molecule has 2 rings (SSSR count). The summed E-state index contributed by atoms with van der Waals surface area (Å²) in [6, 6.07) is 8.77. The summed E-state index contributed by atoms with van der Waals surface area (Å²) in [5, 5.41) is 2.63. The van der Waals surface area contributed by atoms with Crippen LogP contribution in [0.5, 0.6) is 0 Å². The SMILES string of the molecule is CCOC(=O)[C@@H]1CSCCN1C(=O)CNC(=O)Cc1ccccc1. The minimum Gasteiger partial charge on any atom is -0.464 e. The van der Waals surface area contributed by atoms with Gasteiger partial charge in [0.15, 0.2) is 0 Å². The molecule has 0 spiro atoms. The molecular formula is C17H22N2O4S. The van der Waals surface area contributed by atoms with Crippen molar-refractivity contribution < 1.29 is 19.1 Å². The van der Waals surface area contributed by atoms with Gasteiger partial charge in [-0.05, 0) is 12.5 Å². The van der Waals surface area contributed by atoms with E-state index in [0.29, 0.717) is 12.3 Å². The molecule has 1 atom stereocenters. The summed E-state index contributed by atoms with van der Waals surface area (Å²) in [7, 11) is 0. The van der Waals surface area contributed by atoms with E-state index in [0.717, 1.165) is 11.3 Å². The number of carbonyl (C=O) groups is 3. The first-order chi connectivity index (χ1) is 11.6. The Hall–Kier alpha value is -2.02. The second-order valence-electron chi connectivity index (χ2n) is 5.37. The van der Waals surface area contributed by atoms with Gasteiger partial charge in [0, 0.05) is 18.1 Å². The molecule has 2 amide bonds. The van der Waals surface area contributed by atoms with Crippen molar-refractivity contribution in [2.75, 3.05) is 31.2 Å². The van der Waals surface area contributed by atoms with Crippen LogP contribution in [0, 0.1) is 0 Å². The monoisotopic (exact) mass is 350 g/mol. The fourth-order valence-electron chi connectivity index (χ4n) is 2.46. The Morgan fingerprint density at radius 3 is 2.75 bits per heavy atom. The van der Waals surface area contributed by atoms with E-state index in [2.05, 4.69) is 5.32 Å². The molecule has 0 aliphatic carbocycles. The predicted molar refractivity (Wildman–Crippen MR) is 92.6 cm³/mol. The quantitative estimate of drug-likeness (QED) is 0.770. The maximum atomic E-state index is 12.4. The van der Waals surface area contributed by atoms with Crippen molar-refractivity contribution in [3.05, 3.63) is 35.9 Å². The molecule has 1 aromatic carbocycles. The number of amides is 2. The molecule has 1 aliphatic heterocycles. The Balaban J connectivity index is 1.85. The molecule has 0 radical (unpaired) electrons. The van der Waals surface area contributed by atoms with E-state index in [1.54, 1.807) is 18.7 Å². The molecular weight excluding hydrogens is 328 g/mol. The molecule has 1 aliphatic rings. The number of thioether (sulfide) groups is 1. The van der Waals surface area contributed by atoms with E-state index in [-0.39, 0.29) is 37.4 Å². The van der Waals surface area contributed by atoms with Crippen molar-refractivity contribution in [1.29, 1.82) is 0 Å². The molecule has 24 heavy (non-hydrogen) atoms. The molecule has 130 valence electrons. The molecule has 1 fully saturated rings. The highest BCUT2D eigenvalue weighted by atomic mass is 32.2. The maximum Gasteiger partial charge on any atom is 0.329 e. The molecule has 1 aromatic rings. The summed E-state index contributed by atoms with van der Waals surface area (Å²) in [5.74, 6) is 0.458. The molecule has 1 heterocycles. The summed E-state index contributed by atoms with van der Waals surface area (Å²) >= 11 is 1.62. The van der Waals surface area contributed by atoms with Crippen LogP contribution in [0.4, 0.5) is 0 Å². The van der Waals surface area contributed by atoms with Crippen molar-refractivity contribution in [1.82, 2.24) is 10.2 Å². The summed E-state index contributed by atoms with van der Waals surface area (Å²) < 4.78 is 5.03. The van der Waals surface area contributed by atoms with Gasteiger partial charge in [0.2, 0.25) is 11.8 Å². The lowest BCUT2D eigenvalue weighted by molar-refractivity contribution is -0.153. The standard InChI is InChI=1S/C17H22N2O4S/c1-2-23-17(22)14-12-24-9-8-19(14)16(21)11-18-15(20)10-13-6-4-3-5-7-13/h3-7,14H,2,8-12H2,1H3,(H,18,20)/t14-/m0/s1. The van der Waals surface area contributed by atoms with E-state index in [4.69, 9.17) is 4.74 Å². The third kappa shape index (κ3) is 5.26. The summed E-state index contributed by atoms with van der Waals surface area (Å²) in [6.07, 6.45) is 0.227. The first kappa shape index (κ1) is 18.3. The molecule has 6 nitrogen and oxygen atoms in total. The Labute approximate surface area is 145 Å². The fraction of sp³-hybridized carbons (Fsp3) is 0.471. The Morgan fingerprint density at radius 1 is 1.29 bits per heavy atom. The zero-order valence-corrected chi connectivity index (χ0v) is 14.5. The van der Waals surface area contributed by atoms with Crippen LogP contribution in [0.1, 0.15) is 12.5 Å². The van der Waals surface area contributed by atoms with Gasteiger partial charge in [-0.2, -0.15) is 11.8 Å². The van der Waals surface area contributed by atoms with Crippen molar-refractivity contribution in [2.24, 2.45) is 0 Å². The van der Waals surface area contributed by atoms with Gasteiger partial charge >= 0.3 is 5.97 Å². The van der Waals surface area contributed by atoms with Gasteiger partial charge in [0.05, 0.1) is 19.6 Å². The summed E-state index contributed by atoms with van der Waals surface area (Å²) in [5.41, 5.74) is 0.890. The number of rotatable bonds is 6. The Kier molecular flexibility index (Phi) is 7.11. The molecule has 0 aromatic heterocycles. The maximum absolute atomic E-state index is 12.4. The van der Waals surface area contributed by atoms with Crippen molar-refractivity contribution in [3.8, 4) is 0 Å². The van der Waals surface area contributed by atoms with Gasteiger partial charge in [0.1, 0.15) is 6.04 Å². The fourth-order valence-corrected chi connectivity index (χ4v) is 3.49. The van der Waals surface area contributed by atoms with E-state index in [9.17, 15) is 14.4 Å². The van der Waals surface area contributed by atoms with Crippen molar-refractivity contribution in [2.45, 2.75) is 19.4 Å². The first-order valence-electron chi connectivity index (χ1n) is 7.96. The first-order valence-corrected chi connectivity index (χ1v) is 9.11. The van der Waals surface area contributed by atoms with Crippen LogP contribution < -0.4 is 5.32 Å². The van der Waals surface area contributed by atoms with Gasteiger partial charge in [-0.25, -0.2) is 4.79 Å². The van der Waals surface area contributed by atoms with Crippen LogP contribution in [-0.2, 0) is 25.5 Å². The lowest BCUT2D eigenvalue weighted by Crippen LogP contribution is -2.53. The number of nitrogens with one attached hydrogen (secondary N) is 1. The number of hydrogen-bond donors (Lipinski definition) is 1. The molecule has 1 N–H and O–H groups in total. The van der Waals surface area contributed by atoms with Crippen LogP contribution in [0.2, 0.25) is 0 Å². The van der Waals surface area contributed by atoms with E-state index >= 15 is 0 Å². The third-order valence-corrected chi connectivity index (χ3v) is 4.67. The minimum atomic E-state index is -0.567. The third-order valence-electron chi connectivity index (χ3n) is 3.65. The van der Waals surface area contributed by atoms with Crippen LogP contribution in [-0.4, -0.2) is 59.9 Å². The number of carbonyl (C=O) groups excluding carboxylic acids is 3. The Morgan fingerprint density at radius 2 is 2.04 bits per heavy atom. The molecule has 0 bridgehead atoms. The second kappa shape index (κ2) is 9.32. The highest BCUT2D eigenvalue weighted by molar-refractivity contribution is 7.99. The highest BCUT2D eigenvalue weighted by Gasteiger charge is 2.33. The van der Waals surface area contributed by atoms with Gasteiger partial charge in [0.25, 0.3) is 0 Å². The average Bonchev–Trinajstić information content (AvgIpc) is 2.61. The number of esters is 1. The zero-order chi connectivity index (χ0) is 17.4. The average molecular weight is 350 g/mol. The van der Waals surface area contributed by atoms with Crippen LogP contribution in [0.15, 0.2) is 30.3 Å². The van der Waals surface area contributed by atoms with Crippen LogP contribution >= 0.6 is 11.8 Å².